The first-order valence-electron chi connectivity index (χ1n) is 7.22. The molecule has 0 atom stereocenters. The minimum absolute atomic E-state index is 0.0982. The van der Waals surface area contributed by atoms with Gasteiger partial charge in [-0.05, 0) is 50.1 Å². The van der Waals surface area contributed by atoms with Crippen molar-refractivity contribution < 1.29 is 9.53 Å². The Bertz CT molecular complexity index is 692. The highest BCUT2D eigenvalue weighted by atomic mass is 79.9. The quantitative estimate of drug-likeness (QED) is 0.687. The second-order valence-electron chi connectivity index (χ2n) is 5.18. The minimum atomic E-state index is 0.0982. The topological polar surface area (TPSA) is 32.8 Å². The van der Waals surface area contributed by atoms with Crippen LogP contribution in [0, 0.1) is 0 Å². The maximum Gasteiger partial charge on any atom is 0.264 e. The molecule has 2 aromatic rings. The van der Waals surface area contributed by atoms with Crippen LogP contribution in [0.5, 0.6) is 5.75 Å². The molecule has 2 heterocycles. The summed E-state index contributed by atoms with van der Waals surface area (Å²) >= 11 is 8.34. The SMILES string of the molecule is COc1ccccc1N1CCN(C(=O)c2cc(Br)c(Br)s2)CC1. The van der Waals surface area contributed by atoms with Crippen LogP contribution in [0.25, 0.3) is 0 Å². The van der Waals surface area contributed by atoms with E-state index in [0.29, 0.717) is 13.1 Å². The largest absolute Gasteiger partial charge is 0.495 e. The predicted octanol–water partition coefficient (Wildman–Crippen LogP) is 4.24. The van der Waals surface area contributed by atoms with Gasteiger partial charge < -0.3 is 14.5 Å². The first-order chi connectivity index (χ1) is 11.1. The molecule has 122 valence electrons. The number of ether oxygens (including phenoxy) is 1. The summed E-state index contributed by atoms with van der Waals surface area (Å²) in [5.41, 5.74) is 1.09. The van der Waals surface area contributed by atoms with Gasteiger partial charge in [0.2, 0.25) is 0 Å². The highest BCUT2D eigenvalue weighted by molar-refractivity contribution is 9.13. The number of carbonyl (C=O) groups is 1. The Morgan fingerprint density at radius 2 is 1.87 bits per heavy atom. The lowest BCUT2D eigenvalue weighted by Crippen LogP contribution is -2.48. The van der Waals surface area contributed by atoms with Gasteiger partial charge in [-0.3, -0.25) is 4.79 Å². The molecule has 0 saturated carbocycles. The number of methoxy groups -OCH3 is 1. The van der Waals surface area contributed by atoms with Gasteiger partial charge in [-0.2, -0.15) is 0 Å². The van der Waals surface area contributed by atoms with Gasteiger partial charge in [0.25, 0.3) is 5.91 Å². The van der Waals surface area contributed by atoms with Crippen LogP contribution in [-0.2, 0) is 0 Å². The molecule has 0 spiro atoms. The van der Waals surface area contributed by atoms with E-state index in [1.807, 2.05) is 29.2 Å². The van der Waals surface area contributed by atoms with E-state index in [9.17, 15) is 4.79 Å². The Morgan fingerprint density at radius 3 is 2.48 bits per heavy atom. The second kappa shape index (κ2) is 7.23. The predicted molar refractivity (Wildman–Crippen MR) is 101 cm³/mol. The third kappa shape index (κ3) is 3.56. The number of nitrogens with zero attached hydrogens (tertiary/aromatic N) is 2. The average molecular weight is 460 g/mol. The lowest BCUT2D eigenvalue weighted by atomic mass is 10.2. The van der Waals surface area contributed by atoms with E-state index >= 15 is 0 Å². The molecule has 7 heteroatoms. The number of hydrogen-bond donors (Lipinski definition) is 0. The first-order valence-corrected chi connectivity index (χ1v) is 9.62. The molecule has 0 bridgehead atoms. The molecule has 0 radical (unpaired) electrons. The van der Waals surface area contributed by atoms with Crippen LogP contribution in [0.3, 0.4) is 0 Å². The number of amides is 1. The van der Waals surface area contributed by atoms with E-state index in [4.69, 9.17) is 4.74 Å². The third-order valence-electron chi connectivity index (χ3n) is 3.85. The monoisotopic (exact) mass is 458 g/mol. The van der Waals surface area contributed by atoms with Crippen LogP contribution in [0.1, 0.15) is 9.67 Å². The van der Waals surface area contributed by atoms with E-state index < -0.39 is 0 Å². The fourth-order valence-corrected chi connectivity index (χ4v) is 4.65. The minimum Gasteiger partial charge on any atom is -0.495 e. The Balaban J connectivity index is 1.67. The summed E-state index contributed by atoms with van der Waals surface area (Å²) in [6.07, 6.45) is 0. The molecule has 1 fully saturated rings. The second-order valence-corrected chi connectivity index (χ2v) is 8.41. The van der Waals surface area contributed by atoms with Gasteiger partial charge in [-0.15, -0.1) is 11.3 Å². The lowest BCUT2D eigenvalue weighted by molar-refractivity contribution is 0.0751. The molecule has 1 aromatic heterocycles. The van der Waals surface area contributed by atoms with Gasteiger partial charge in [0, 0.05) is 30.7 Å². The van der Waals surface area contributed by atoms with Crippen molar-refractivity contribution >= 4 is 54.8 Å². The Morgan fingerprint density at radius 1 is 1.17 bits per heavy atom. The molecule has 0 aliphatic carbocycles. The molecule has 1 saturated heterocycles. The smallest absolute Gasteiger partial charge is 0.264 e. The molecule has 23 heavy (non-hydrogen) atoms. The van der Waals surface area contributed by atoms with E-state index in [-0.39, 0.29) is 5.91 Å². The van der Waals surface area contributed by atoms with Gasteiger partial charge >= 0.3 is 0 Å². The number of rotatable bonds is 3. The molecule has 1 aromatic carbocycles. The van der Waals surface area contributed by atoms with E-state index in [1.54, 1.807) is 7.11 Å². The summed E-state index contributed by atoms with van der Waals surface area (Å²) in [5, 5.41) is 0. The molecule has 0 unspecified atom stereocenters. The molecule has 0 N–H and O–H groups in total. The highest BCUT2D eigenvalue weighted by Crippen LogP contribution is 2.33. The average Bonchev–Trinajstić information content (AvgIpc) is 2.93. The van der Waals surface area contributed by atoms with Crippen LogP contribution < -0.4 is 9.64 Å². The number of halogens is 2. The molecule has 1 aliphatic rings. The van der Waals surface area contributed by atoms with E-state index in [1.165, 1.54) is 11.3 Å². The fraction of sp³-hybridized carbons (Fsp3) is 0.312. The summed E-state index contributed by atoms with van der Waals surface area (Å²) in [5.74, 6) is 0.972. The zero-order valence-corrected chi connectivity index (χ0v) is 16.6. The maximum atomic E-state index is 12.6. The van der Waals surface area contributed by atoms with Crippen molar-refractivity contribution in [3.63, 3.8) is 0 Å². The number of hydrogen-bond acceptors (Lipinski definition) is 4. The number of benzene rings is 1. The number of para-hydroxylation sites is 2. The van der Waals surface area contributed by atoms with Gasteiger partial charge in [-0.1, -0.05) is 12.1 Å². The van der Waals surface area contributed by atoms with Crippen molar-refractivity contribution in [2.45, 2.75) is 0 Å². The standard InChI is InChI=1S/C16H16Br2N2O2S/c1-22-13-5-3-2-4-12(13)19-6-8-20(9-7-19)16(21)14-10-11(17)15(18)23-14/h2-5,10H,6-9H2,1H3. The first kappa shape index (κ1) is 16.8. The molecule has 1 amide bonds. The molecule has 3 rings (SSSR count). The van der Waals surface area contributed by atoms with Crippen LogP contribution in [0.2, 0.25) is 0 Å². The molecular formula is C16H16Br2N2O2S. The highest BCUT2D eigenvalue weighted by Gasteiger charge is 2.25. The van der Waals surface area contributed by atoms with E-state index in [2.05, 4.69) is 42.8 Å². The van der Waals surface area contributed by atoms with Crippen LogP contribution in [0.15, 0.2) is 38.6 Å². The Hall–Kier alpha value is -1.05. The molecular weight excluding hydrogens is 444 g/mol. The number of carbonyl (C=O) groups excluding carboxylic acids is 1. The summed E-state index contributed by atoms with van der Waals surface area (Å²) in [4.78, 5) is 17.5. The van der Waals surface area contributed by atoms with Gasteiger partial charge in [0.15, 0.2) is 0 Å². The summed E-state index contributed by atoms with van der Waals surface area (Å²) in [7, 11) is 1.69. The normalized spacial score (nSPS) is 14.9. The molecule has 1 aliphatic heterocycles. The van der Waals surface area contributed by atoms with Crippen molar-refractivity contribution in [3.8, 4) is 5.75 Å². The lowest BCUT2D eigenvalue weighted by Gasteiger charge is -2.36. The zero-order chi connectivity index (χ0) is 16.4. The van der Waals surface area contributed by atoms with Gasteiger partial charge in [0.05, 0.1) is 21.5 Å². The van der Waals surface area contributed by atoms with Crippen molar-refractivity contribution in [2.24, 2.45) is 0 Å². The maximum absolute atomic E-state index is 12.6. The number of anilines is 1. The van der Waals surface area contributed by atoms with Crippen molar-refractivity contribution in [1.29, 1.82) is 0 Å². The molecule has 4 nitrogen and oxygen atoms in total. The Labute approximate surface area is 156 Å². The van der Waals surface area contributed by atoms with Crippen LogP contribution in [-0.4, -0.2) is 44.1 Å². The number of thiophene rings is 1. The summed E-state index contributed by atoms with van der Waals surface area (Å²) < 4.78 is 7.31. The Kier molecular flexibility index (Phi) is 5.28. The van der Waals surface area contributed by atoms with Crippen molar-refractivity contribution in [1.82, 2.24) is 4.90 Å². The third-order valence-corrected chi connectivity index (χ3v) is 7.09. The van der Waals surface area contributed by atoms with E-state index in [0.717, 1.165) is 37.7 Å². The van der Waals surface area contributed by atoms with Crippen molar-refractivity contribution in [3.05, 3.63) is 43.5 Å². The van der Waals surface area contributed by atoms with Crippen LogP contribution >= 0.6 is 43.2 Å². The summed E-state index contributed by atoms with van der Waals surface area (Å²) in [6, 6.07) is 9.88. The van der Waals surface area contributed by atoms with Gasteiger partial charge in [0.1, 0.15) is 5.75 Å². The fourth-order valence-electron chi connectivity index (χ4n) is 2.65. The van der Waals surface area contributed by atoms with Gasteiger partial charge in [-0.25, -0.2) is 0 Å². The van der Waals surface area contributed by atoms with Crippen molar-refractivity contribution in [2.75, 3.05) is 38.2 Å². The summed E-state index contributed by atoms with van der Waals surface area (Å²) in [6.45, 7) is 3.04. The zero-order valence-electron chi connectivity index (χ0n) is 12.6. The van der Waals surface area contributed by atoms with Crippen LogP contribution in [0.4, 0.5) is 5.69 Å². The number of piperazine rings is 1.